The van der Waals surface area contributed by atoms with E-state index in [1.807, 2.05) is 0 Å². The first kappa shape index (κ1) is 51.7. The van der Waals surface area contributed by atoms with Crippen LogP contribution in [0.1, 0.15) is 186 Å². The predicted octanol–water partition coefficient (Wildman–Crippen LogP) is 9.98. The molecular weight excluding hydrogens is 883 g/mol. The van der Waals surface area contributed by atoms with Crippen molar-refractivity contribution in [1.29, 1.82) is 0 Å². The molecule has 1 unspecified atom stereocenters. The van der Waals surface area contributed by atoms with Crippen LogP contribution in [0.25, 0.3) is 11.1 Å². The van der Waals surface area contributed by atoms with Crippen LogP contribution in [-0.2, 0) is 52.3 Å². The fourth-order valence-electron chi connectivity index (χ4n) is 11.4. The number of allylic oxidation sites excluding steroid dienone is 4. The molecular formula is C60H76Cl2Zr-2. The van der Waals surface area contributed by atoms with E-state index in [1.165, 1.54) is 95.1 Å². The average Bonchev–Trinajstić information content (AvgIpc) is 3.69. The first-order chi connectivity index (χ1) is 28.4. The molecule has 4 aromatic carbocycles. The summed E-state index contributed by atoms with van der Waals surface area (Å²) in [6, 6.07) is 33.2. The predicted molar refractivity (Wildman–Crippen MR) is 259 cm³/mol. The zero-order valence-electron chi connectivity index (χ0n) is 41.3. The topological polar surface area (TPSA) is 0 Å². The fraction of sp³-hybridized carbons (Fsp3) is 0.517. The van der Waals surface area contributed by atoms with Gasteiger partial charge in [-0.2, -0.15) is 41.0 Å². The molecule has 63 heavy (non-hydrogen) atoms. The summed E-state index contributed by atoms with van der Waals surface area (Å²) in [4.78, 5) is 0. The Balaban J connectivity index is 0.000000176. The zero-order valence-corrected chi connectivity index (χ0v) is 45.3. The maximum atomic E-state index is 3.57. The van der Waals surface area contributed by atoms with Gasteiger partial charge in [-0.1, -0.05) is 102 Å². The standard InChI is InChI=1S/C21H25.C21H26.C18H25.2ClH.Zr/c1-20(2,3)16-9-7-14-11-15-8-10-17(21(4,5)6)13-19(15)18(14)12-16;1-20(2,3)18-11-7-16(8-12-18)15-17-9-13-19(14-10-17)21(4,5)6;1-12-3-13(2)17(4-12)11-18-8-14-5-15(9-18)7-16(6-14)10-18;;;/h7,9-10,12-13H,11H2,1-6H3;7-14H,1-6H3;4,12,14-16H,5-11H2,1-2H3;2*1H;/q-1;;-1;;;+2/p-2. The van der Waals surface area contributed by atoms with E-state index in [-0.39, 0.29) is 46.5 Å². The first-order valence-corrected chi connectivity index (χ1v) is 24.9. The Morgan fingerprint density at radius 1 is 0.603 bits per heavy atom. The van der Waals surface area contributed by atoms with Crippen molar-refractivity contribution in [3.8, 4) is 11.1 Å². The maximum Gasteiger partial charge on any atom is -0.0402 e. The van der Waals surface area contributed by atoms with Gasteiger partial charge in [0.05, 0.1) is 0 Å². The second kappa shape index (κ2) is 19.5. The van der Waals surface area contributed by atoms with Crippen LogP contribution in [0.3, 0.4) is 0 Å². The number of rotatable bonds is 4. The maximum absolute atomic E-state index is 3.57. The molecule has 0 radical (unpaired) electrons. The van der Waals surface area contributed by atoms with Gasteiger partial charge in [0, 0.05) is 0 Å². The number of hydrogen-bond donors (Lipinski definition) is 0. The second-order valence-electron chi connectivity index (χ2n) is 24.2. The van der Waals surface area contributed by atoms with E-state index in [9.17, 15) is 0 Å². The summed E-state index contributed by atoms with van der Waals surface area (Å²) in [7, 11) is 0. The van der Waals surface area contributed by atoms with Gasteiger partial charge in [-0.3, -0.25) is 6.08 Å². The van der Waals surface area contributed by atoms with Crippen molar-refractivity contribution in [2.45, 2.75) is 170 Å². The fourth-order valence-corrected chi connectivity index (χ4v) is 12.2. The first-order valence-electron chi connectivity index (χ1n) is 23.7. The number of hydrogen-bond acceptors (Lipinski definition) is 0. The van der Waals surface area contributed by atoms with Crippen LogP contribution in [0.15, 0.2) is 96.1 Å². The van der Waals surface area contributed by atoms with Gasteiger partial charge in [-0.25, -0.2) is 5.57 Å². The number of halogens is 2. The molecule has 0 amide bonds. The number of benzene rings is 4. The smallest absolute Gasteiger partial charge is 0.0402 e. The molecule has 0 aliphatic heterocycles. The van der Waals surface area contributed by atoms with Crippen molar-refractivity contribution in [3.05, 3.63) is 153 Å². The zero-order chi connectivity index (χ0) is 44.3. The summed E-state index contributed by atoms with van der Waals surface area (Å²) in [5, 5.41) is 0. The Hall–Kier alpha value is -2.31. The third kappa shape index (κ3) is 12.2. The van der Waals surface area contributed by atoms with Crippen molar-refractivity contribution in [2.24, 2.45) is 29.1 Å². The normalized spacial score (nSPS) is 23.1. The Bertz CT molecular complexity index is 2130. The van der Waals surface area contributed by atoms with Crippen LogP contribution in [0.2, 0.25) is 0 Å². The molecule has 0 saturated heterocycles. The molecule has 0 spiro atoms. The van der Waals surface area contributed by atoms with Gasteiger partial charge >= 0.3 is 151 Å². The molecule has 6 aliphatic carbocycles. The van der Waals surface area contributed by atoms with Crippen LogP contribution >= 0.6 is 0 Å². The minimum atomic E-state index is 0. The van der Waals surface area contributed by atoms with Gasteiger partial charge in [-0.05, 0) is 79.1 Å². The third-order valence-corrected chi connectivity index (χ3v) is 16.1. The Morgan fingerprint density at radius 2 is 1.03 bits per heavy atom. The van der Waals surface area contributed by atoms with Gasteiger partial charge in [0.15, 0.2) is 0 Å². The summed E-state index contributed by atoms with van der Waals surface area (Å²) >= 11 is 1.46. The van der Waals surface area contributed by atoms with E-state index in [0.717, 1.165) is 24.2 Å². The molecule has 4 saturated carbocycles. The summed E-state index contributed by atoms with van der Waals surface area (Å²) in [5.41, 5.74) is 18.5. The Labute approximate surface area is 412 Å². The van der Waals surface area contributed by atoms with Gasteiger partial charge in [0.25, 0.3) is 0 Å². The van der Waals surface area contributed by atoms with Crippen LogP contribution in [-0.4, -0.2) is 3.21 Å². The molecule has 0 heterocycles. The van der Waals surface area contributed by atoms with Crippen molar-refractivity contribution in [3.63, 3.8) is 0 Å². The molecule has 3 heteroatoms. The summed E-state index contributed by atoms with van der Waals surface area (Å²) in [6.07, 6.45) is 17.8. The van der Waals surface area contributed by atoms with E-state index in [4.69, 9.17) is 0 Å². The molecule has 4 aromatic rings. The SMILES string of the molecule is CC(C)(C)c1c[c-]c2c(c1)-c1cc(C(C)(C)C)ccc1C2.CC(C)(C)c1ccc([C](=[Zr+2])c2ccc(C(C)(C)C)cc2)cc1.CC1=[C-]C(C)C=C1CC12CC3CC(CC(C3)C1)C2.[Cl-].[Cl-]. The van der Waals surface area contributed by atoms with E-state index in [1.54, 1.807) is 44.1 Å². The Kier molecular flexibility index (Phi) is 16.0. The quantitative estimate of drug-likeness (QED) is 0.158. The van der Waals surface area contributed by atoms with Crippen molar-refractivity contribution in [1.82, 2.24) is 0 Å². The van der Waals surface area contributed by atoms with Crippen LogP contribution < -0.4 is 24.8 Å². The van der Waals surface area contributed by atoms with Crippen LogP contribution in [0.4, 0.5) is 0 Å². The second-order valence-corrected chi connectivity index (χ2v) is 25.4. The van der Waals surface area contributed by atoms with E-state index >= 15 is 0 Å². The van der Waals surface area contributed by atoms with Gasteiger partial charge in [0.1, 0.15) is 0 Å². The monoisotopic (exact) mass is 956 g/mol. The minimum Gasteiger partial charge on any atom is -1.00 e. The summed E-state index contributed by atoms with van der Waals surface area (Å²) < 4.78 is 1.42. The van der Waals surface area contributed by atoms with Crippen LogP contribution in [0.5, 0.6) is 0 Å². The molecule has 10 rings (SSSR count). The van der Waals surface area contributed by atoms with Gasteiger partial charge < -0.3 is 24.8 Å². The van der Waals surface area contributed by atoms with Crippen molar-refractivity contribution >= 4 is 3.21 Å². The van der Waals surface area contributed by atoms with Gasteiger partial charge in [0.2, 0.25) is 0 Å². The van der Waals surface area contributed by atoms with Crippen LogP contribution in [0, 0.1) is 41.2 Å². The molecule has 0 N–H and O–H groups in total. The molecule has 4 fully saturated rings. The summed E-state index contributed by atoms with van der Waals surface area (Å²) in [5.74, 6) is 3.82. The average molecular weight is 959 g/mol. The van der Waals surface area contributed by atoms with Gasteiger partial charge in [-0.15, -0.1) is 5.56 Å². The molecule has 0 nitrogen and oxygen atoms in total. The van der Waals surface area contributed by atoms with E-state index in [0.29, 0.717) is 11.3 Å². The van der Waals surface area contributed by atoms with E-state index < -0.39 is 0 Å². The largest absolute Gasteiger partial charge is 1.00 e. The molecule has 1 atom stereocenters. The number of fused-ring (bicyclic) bond motifs is 3. The van der Waals surface area contributed by atoms with E-state index in [2.05, 4.69) is 194 Å². The molecule has 4 bridgehead atoms. The molecule has 6 aliphatic rings. The van der Waals surface area contributed by atoms with Crippen molar-refractivity contribution in [2.75, 3.05) is 0 Å². The Morgan fingerprint density at radius 3 is 1.44 bits per heavy atom. The molecule has 0 aromatic heterocycles. The summed E-state index contributed by atoms with van der Waals surface area (Å²) in [6.45, 7) is 31.7. The third-order valence-electron chi connectivity index (χ3n) is 14.7. The molecule has 336 valence electrons. The van der Waals surface area contributed by atoms with Crippen molar-refractivity contribution < 1.29 is 49.0 Å². The minimum absolute atomic E-state index is 0.